The second kappa shape index (κ2) is 6.26. The number of ketones is 1. The van der Waals surface area contributed by atoms with Crippen molar-refractivity contribution in [2.75, 3.05) is 7.11 Å². The van der Waals surface area contributed by atoms with Crippen LogP contribution in [0.1, 0.15) is 19.4 Å². The summed E-state index contributed by atoms with van der Waals surface area (Å²) in [4.78, 5) is 12.0. The van der Waals surface area contributed by atoms with Crippen LogP contribution in [0, 0.1) is 11.7 Å². The highest BCUT2D eigenvalue weighted by Gasteiger charge is 2.22. The molecular formula is C13H16BrFO2. The third kappa shape index (κ3) is 3.61. The van der Waals surface area contributed by atoms with E-state index in [4.69, 9.17) is 4.74 Å². The predicted molar refractivity (Wildman–Crippen MR) is 68.4 cm³/mol. The first-order chi connectivity index (χ1) is 7.97. The predicted octanol–water partition coefficient (Wildman–Crippen LogP) is 3.37. The largest absolute Gasteiger partial charge is 0.373 e. The van der Waals surface area contributed by atoms with Crippen molar-refractivity contribution in [3.05, 3.63) is 34.1 Å². The van der Waals surface area contributed by atoms with E-state index in [0.717, 1.165) is 0 Å². The average molecular weight is 303 g/mol. The molecule has 1 aromatic carbocycles. The maximum Gasteiger partial charge on any atom is 0.166 e. The minimum atomic E-state index is -0.440. The summed E-state index contributed by atoms with van der Waals surface area (Å²) in [5, 5.41) is 0. The van der Waals surface area contributed by atoms with E-state index in [1.807, 2.05) is 13.8 Å². The minimum absolute atomic E-state index is 0.0335. The zero-order valence-electron chi connectivity index (χ0n) is 10.2. The lowest BCUT2D eigenvalue weighted by Crippen LogP contribution is -2.30. The van der Waals surface area contributed by atoms with E-state index in [-0.39, 0.29) is 23.9 Å². The molecule has 1 atom stereocenters. The van der Waals surface area contributed by atoms with Crippen LogP contribution in [0.25, 0.3) is 0 Å². The molecule has 0 bridgehead atoms. The number of Topliss-reactive ketones (excluding diaryl/α,β-unsaturated/α-hetero) is 1. The molecule has 0 fully saturated rings. The monoisotopic (exact) mass is 302 g/mol. The van der Waals surface area contributed by atoms with Gasteiger partial charge in [-0.15, -0.1) is 0 Å². The zero-order valence-corrected chi connectivity index (χ0v) is 11.8. The number of methoxy groups -OCH3 is 1. The molecule has 0 heterocycles. The lowest BCUT2D eigenvalue weighted by atomic mass is 9.98. The molecule has 1 unspecified atom stereocenters. The van der Waals surface area contributed by atoms with E-state index in [0.29, 0.717) is 10.0 Å². The van der Waals surface area contributed by atoms with Crippen LogP contribution < -0.4 is 0 Å². The second-order valence-electron chi connectivity index (χ2n) is 4.26. The Balaban J connectivity index is 2.84. The van der Waals surface area contributed by atoms with Crippen LogP contribution in [0.5, 0.6) is 0 Å². The molecular weight excluding hydrogens is 287 g/mol. The van der Waals surface area contributed by atoms with Gasteiger partial charge in [0, 0.05) is 13.5 Å². The van der Waals surface area contributed by atoms with Gasteiger partial charge in [-0.2, -0.15) is 0 Å². The van der Waals surface area contributed by atoms with Crippen molar-refractivity contribution in [1.29, 1.82) is 0 Å². The molecule has 0 aliphatic rings. The van der Waals surface area contributed by atoms with E-state index >= 15 is 0 Å². The Morgan fingerprint density at radius 2 is 2.12 bits per heavy atom. The number of hydrogen-bond acceptors (Lipinski definition) is 2. The number of halogens is 2. The van der Waals surface area contributed by atoms with Crippen molar-refractivity contribution in [3.63, 3.8) is 0 Å². The van der Waals surface area contributed by atoms with Crippen molar-refractivity contribution < 1.29 is 13.9 Å². The maximum absolute atomic E-state index is 13.3. The number of rotatable bonds is 5. The number of hydrogen-bond donors (Lipinski definition) is 0. The molecule has 2 nitrogen and oxygen atoms in total. The minimum Gasteiger partial charge on any atom is -0.373 e. The van der Waals surface area contributed by atoms with Crippen LogP contribution in [-0.2, 0) is 16.0 Å². The fraction of sp³-hybridized carbons (Fsp3) is 0.462. The molecule has 17 heavy (non-hydrogen) atoms. The van der Waals surface area contributed by atoms with Gasteiger partial charge < -0.3 is 4.74 Å². The molecule has 94 valence electrons. The number of carbonyl (C=O) groups excluding carboxylic acids is 1. The third-order valence-electron chi connectivity index (χ3n) is 2.57. The highest BCUT2D eigenvalue weighted by molar-refractivity contribution is 9.10. The topological polar surface area (TPSA) is 26.3 Å². The van der Waals surface area contributed by atoms with Crippen LogP contribution >= 0.6 is 15.9 Å². The summed E-state index contributed by atoms with van der Waals surface area (Å²) < 4.78 is 18.8. The molecule has 0 N–H and O–H groups in total. The van der Waals surface area contributed by atoms with Gasteiger partial charge >= 0.3 is 0 Å². The van der Waals surface area contributed by atoms with Gasteiger partial charge in [-0.3, -0.25) is 4.79 Å². The lowest BCUT2D eigenvalue weighted by molar-refractivity contribution is -0.130. The van der Waals surface area contributed by atoms with Gasteiger partial charge in [0.1, 0.15) is 11.9 Å². The molecule has 0 aromatic heterocycles. The molecule has 0 saturated carbocycles. The fourth-order valence-electron chi connectivity index (χ4n) is 1.75. The Kier molecular flexibility index (Phi) is 5.28. The molecule has 4 heteroatoms. The second-order valence-corrected chi connectivity index (χ2v) is 5.05. The Hall–Kier alpha value is -0.740. The molecule has 0 radical (unpaired) electrons. The summed E-state index contributed by atoms with van der Waals surface area (Å²) in [5.41, 5.74) is 0.651. The van der Waals surface area contributed by atoms with E-state index in [1.54, 1.807) is 12.1 Å². The molecule has 1 rings (SSSR count). The Morgan fingerprint density at radius 1 is 1.47 bits per heavy atom. The van der Waals surface area contributed by atoms with Gasteiger partial charge in [0.15, 0.2) is 5.78 Å². The van der Waals surface area contributed by atoms with Crippen LogP contribution in [-0.4, -0.2) is 19.0 Å². The van der Waals surface area contributed by atoms with Gasteiger partial charge in [-0.05, 0) is 33.5 Å². The summed E-state index contributed by atoms with van der Waals surface area (Å²) >= 11 is 3.15. The average Bonchev–Trinajstić information content (AvgIpc) is 2.25. The van der Waals surface area contributed by atoms with Crippen molar-refractivity contribution in [3.8, 4) is 0 Å². The maximum atomic E-state index is 13.3. The van der Waals surface area contributed by atoms with Gasteiger partial charge in [0.25, 0.3) is 0 Å². The van der Waals surface area contributed by atoms with E-state index in [1.165, 1.54) is 13.2 Å². The first-order valence-electron chi connectivity index (χ1n) is 5.45. The molecule has 0 saturated heterocycles. The lowest BCUT2D eigenvalue weighted by Gasteiger charge is -2.18. The summed E-state index contributed by atoms with van der Waals surface area (Å²) in [6, 6.07) is 4.69. The molecule has 1 aromatic rings. The van der Waals surface area contributed by atoms with Gasteiger partial charge in [0.05, 0.1) is 4.47 Å². The first-order valence-corrected chi connectivity index (χ1v) is 6.25. The Morgan fingerprint density at radius 3 is 2.65 bits per heavy atom. The molecule has 0 aliphatic carbocycles. The van der Waals surface area contributed by atoms with Gasteiger partial charge in [0.2, 0.25) is 0 Å². The highest BCUT2D eigenvalue weighted by Crippen LogP contribution is 2.22. The quantitative estimate of drug-likeness (QED) is 0.833. The van der Waals surface area contributed by atoms with Crippen LogP contribution in [0.4, 0.5) is 4.39 Å². The summed E-state index contributed by atoms with van der Waals surface area (Å²) in [7, 11) is 1.52. The Bertz CT molecular complexity index is 404. The van der Waals surface area contributed by atoms with Gasteiger partial charge in [-0.1, -0.05) is 26.0 Å². The summed E-state index contributed by atoms with van der Waals surface area (Å²) in [5.74, 6) is -0.276. The molecule has 0 amide bonds. The van der Waals surface area contributed by atoms with E-state index in [9.17, 15) is 9.18 Å². The third-order valence-corrected chi connectivity index (χ3v) is 3.46. The normalized spacial score (nSPS) is 12.8. The SMILES string of the molecule is COC(C(=O)Cc1cccc(F)c1Br)C(C)C. The Labute approximate surface area is 109 Å². The van der Waals surface area contributed by atoms with Crippen molar-refractivity contribution in [2.45, 2.75) is 26.4 Å². The van der Waals surface area contributed by atoms with Crippen molar-refractivity contribution >= 4 is 21.7 Å². The zero-order chi connectivity index (χ0) is 13.0. The fourth-order valence-corrected chi connectivity index (χ4v) is 2.15. The number of benzene rings is 1. The van der Waals surface area contributed by atoms with Crippen molar-refractivity contribution in [2.24, 2.45) is 5.92 Å². The number of carbonyl (C=O) groups is 1. The number of ether oxygens (including phenoxy) is 1. The van der Waals surface area contributed by atoms with E-state index in [2.05, 4.69) is 15.9 Å². The van der Waals surface area contributed by atoms with Gasteiger partial charge in [-0.25, -0.2) is 4.39 Å². The van der Waals surface area contributed by atoms with Crippen molar-refractivity contribution in [1.82, 2.24) is 0 Å². The summed E-state index contributed by atoms with van der Waals surface area (Å²) in [6.45, 7) is 3.85. The highest BCUT2D eigenvalue weighted by atomic mass is 79.9. The van der Waals surface area contributed by atoms with E-state index < -0.39 is 6.10 Å². The summed E-state index contributed by atoms with van der Waals surface area (Å²) in [6.07, 6.45) is -0.264. The van der Waals surface area contributed by atoms with Crippen LogP contribution in [0.2, 0.25) is 0 Å². The van der Waals surface area contributed by atoms with Crippen LogP contribution in [0.3, 0.4) is 0 Å². The first kappa shape index (κ1) is 14.3. The molecule has 0 spiro atoms. The van der Waals surface area contributed by atoms with Crippen LogP contribution in [0.15, 0.2) is 22.7 Å². The molecule has 0 aliphatic heterocycles. The standard InChI is InChI=1S/C13H16BrFO2/c1-8(2)13(17-3)11(16)7-9-5-4-6-10(15)12(9)14/h4-6,8,13H,7H2,1-3H3. The smallest absolute Gasteiger partial charge is 0.166 e.